The molecule has 0 radical (unpaired) electrons. The molecule has 2 nitrogen and oxygen atoms in total. The summed E-state index contributed by atoms with van der Waals surface area (Å²) in [6.07, 6.45) is 0.403. The van der Waals surface area contributed by atoms with Crippen molar-refractivity contribution in [3.05, 3.63) is 35.1 Å². The first-order chi connectivity index (χ1) is 7.95. The van der Waals surface area contributed by atoms with Crippen molar-refractivity contribution < 1.29 is 9.18 Å². The van der Waals surface area contributed by atoms with E-state index in [1.807, 2.05) is 19.9 Å². The zero-order valence-corrected chi connectivity index (χ0v) is 11.3. The van der Waals surface area contributed by atoms with Gasteiger partial charge in [0.15, 0.2) is 0 Å². The third-order valence-corrected chi connectivity index (χ3v) is 3.24. The van der Waals surface area contributed by atoms with Gasteiger partial charge in [0.2, 0.25) is 0 Å². The lowest BCUT2D eigenvalue weighted by Crippen LogP contribution is -2.22. The molecule has 90 valence electrons. The Bertz CT molecular complexity index is 465. The average molecular weight is 298 g/mol. The minimum absolute atomic E-state index is 0.0645. The van der Waals surface area contributed by atoms with Crippen LogP contribution >= 0.6 is 15.9 Å². The van der Waals surface area contributed by atoms with Gasteiger partial charge in [0.05, 0.1) is 16.5 Å². The fraction of sp³-hybridized carbons (Fsp3) is 0.385. The van der Waals surface area contributed by atoms with Crippen molar-refractivity contribution in [2.45, 2.75) is 25.1 Å². The highest BCUT2D eigenvalue weighted by Gasteiger charge is 2.19. The molecule has 0 saturated carbocycles. The second-order valence-electron chi connectivity index (χ2n) is 4.14. The largest absolute Gasteiger partial charge is 0.298 e. The summed E-state index contributed by atoms with van der Waals surface area (Å²) >= 11 is 3.31. The minimum atomic E-state index is -0.438. The number of nitriles is 1. The number of alkyl halides is 1. The van der Waals surface area contributed by atoms with Crippen LogP contribution in [0.15, 0.2) is 18.2 Å². The van der Waals surface area contributed by atoms with E-state index in [0.29, 0.717) is 12.0 Å². The van der Waals surface area contributed by atoms with Crippen LogP contribution in [0.4, 0.5) is 4.39 Å². The van der Waals surface area contributed by atoms with Crippen molar-refractivity contribution >= 4 is 21.7 Å². The molecule has 0 heterocycles. The number of hydrogen-bond acceptors (Lipinski definition) is 2. The van der Waals surface area contributed by atoms with Crippen molar-refractivity contribution in [2.24, 2.45) is 5.92 Å². The van der Waals surface area contributed by atoms with Crippen molar-refractivity contribution in [2.75, 3.05) is 0 Å². The molecule has 1 atom stereocenters. The van der Waals surface area contributed by atoms with E-state index in [0.717, 1.165) is 0 Å². The van der Waals surface area contributed by atoms with Gasteiger partial charge in [-0.3, -0.25) is 4.79 Å². The van der Waals surface area contributed by atoms with Gasteiger partial charge in [-0.05, 0) is 24.1 Å². The number of ketones is 1. The van der Waals surface area contributed by atoms with Crippen LogP contribution in [0.5, 0.6) is 0 Å². The molecule has 1 unspecified atom stereocenters. The first-order valence-electron chi connectivity index (χ1n) is 5.32. The zero-order valence-electron chi connectivity index (χ0n) is 9.71. The summed E-state index contributed by atoms with van der Waals surface area (Å²) in [7, 11) is 0. The lowest BCUT2D eigenvalue weighted by molar-refractivity contribution is -0.121. The van der Waals surface area contributed by atoms with Crippen LogP contribution in [0.1, 0.15) is 25.0 Å². The van der Waals surface area contributed by atoms with Gasteiger partial charge in [-0.15, -0.1) is 0 Å². The zero-order chi connectivity index (χ0) is 13.0. The minimum Gasteiger partial charge on any atom is -0.298 e. The van der Waals surface area contributed by atoms with E-state index in [-0.39, 0.29) is 22.1 Å². The molecule has 0 aliphatic rings. The van der Waals surface area contributed by atoms with Gasteiger partial charge in [0.25, 0.3) is 0 Å². The molecular formula is C13H13BrFNO. The Morgan fingerprint density at radius 1 is 1.53 bits per heavy atom. The third-order valence-electron chi connectivity index (χ3n) is 2.47. The molecule has 0 amide bonds. The molecule has 0 N–H and O–H groups in total. The first kappa shape index (κ1) is 13.9. The summed E-state index contributed by atoms with van der Waals surface area (Å²) in [5.74, 6) is -0.421. The van der Waals surface area contributed by atoms with Gasteiger partial charge in [0.1, 0.15) is 11.6 Å². The first-order valence-corrected chi connectivity index (χ1v) is 6.23. The van der Waals surface area contributed by atoms with Gasteiger partial charge < -0.3 is 0 Å². The second kappa shape index (κ2) is 5.92. The Morgan fingerprint density at radius 2 is 2.18 bits per heavy atom. The lowest BCUT2D eigenvalue weighted by Gasteiger charge is -2.12. The predicted molar refractivity (Wildman–Crippen MR) is 67.4 cm³/mol. The summed E-state index contributed by atoms with van der Waals surface area (Å²) in [6, 6.07) is 5.98. The molecule has 0 fully saturated rings. The Labute approximate surface area is 109 Å². The number of benzene rings is 1. The van der Waals surface area contributed by atoms with Crippen molar-refractivity contribution in [3.8, 4) is 6.07 Å². The molecule has 0 bridgehead atoms. The van der Waals surface area contributed by atoms with E-state index in [1.165, 1.54) is 12.1 Å². The number of carbonyl (C=O) groups is 1. The number of hydrogen-bond donors (Lipinski definition) is 0. The Morgan fingerprint density at radius 3 is 2.71 bits per heavy atom. The molecule has 0 spiro atoms. The third kappa shape index (κ3) is 3.64. The van der Waals surface area contributed by atoms with Crippen LogP contribution in [0.3, 0.4) is 0 Å². The maximum Gasteiger partial charge on any atom is 0.149 e. The van der Waals surface area contributed by atoms with Crippen molar-refractivity contribution in [3.63, 3.8) is 0 Å². The fourth-order valence-corrected chi connectivity index (χ4v) is 2.36. The second-order valence-corrected chi connectivity index (χ2v) is 5.25. The Balaban J connectivity index is 2.89. The number of Topliss-reactive ketones (excluding diaryl/α,β-unsaturated/α-hetero) is 1. The summed E-state index contributed by atoms with van der Waals surface area (Å²) in [6.45, 7) is 3.65. The van der Waals surface area contributed by atoms with Crippen LogP contribution in [0.25, 0.3) is 0 Å². The van der Waals surface area contributed by atoms with Gasteiger partial charge in [-0.25, -0.2) is 4.39 Å². The van der Waals surface area contributed by atoms with E-state index >= 15 is 0 Å². The Hall–Kier alpha value is -1.21. The highest BCUT2D eigenvalue weighted by atomic mass is 79.9. The van der Waals surface area contributed by atoms with Gasteiger partial charge in [-0.2, -0.15) is 5.26 Å². The molecule has 1 aromatic carbocycles. The van der Waals surface area contributed by atoms with Crippen LogP contribution < -0.4 is 0 Å². The fourth-order valence-electron chi connectivity index (χ4n) is 1.49. The number of nitrogens with zero attached hydrogens (tertiary/aromatic N) is 1. The van der Waals surface area contributed by atoms with Crippen LogP contribution in [0, 0.1) is 23.1 Å². The number of halogens is 2. The molecule has 1 rings (SSSR count). The average Bonchev–Trinajstić information content (AvgIpc) is 2.30. The highest BCUT2D eigenvalue weighted by molar-refractivity contribution is 9.10. The maximum atomic E-state index is 12.9. The summed E-state index contributed by atoms with van der Waals surface area (Å²) in [4.78, 5) is 11.4. The van der Waals surface area contributed by atoms with Crippen LogP contribution in [-0.2, 0) is 11.2 Å². The summed E-state index contributed by atoms with van der Waals surface area (Å²) in [5, 5.41) is 8.89. The van der Waals surface area contributed by atoms with Gasteiger partial charge >= 0.3 is 0 Å². The van der Waals surface area contributed by atoms with E-state index in [2.05, 4.69) is 15.9 Å². The van der Waals surface area contributed by atoms with Gasteiger partial charge in [0, 0.05) is 5.92 Å². The van der Waals surface area contributed by atoms with E-state index in [9.17, 15) is 9.18 Å². The molecule has 4 heteroatoms. The van der Waals surface area contributed by atoms with Crippen LogP contribution in [-0.4, -0.2) is 10.6 Å². The van der Waals surface area contributed by atoms with Gasteiger partial charge in [-0.1, -0.05) is 35.8 Å². The maximum absolute atomic E-state index is 12.9. The number of carbonyl (C=O) groups excluding carboxylic acids is 1. The summed E-state index contributed by atoms with van der Waals surface area (Å²) in [5.41, 5.74) is 0.968. The quantitative estimate of drug-likeness (QED) is 0.801. The molecule has 0 saturated heterocycles. The van der Waals surface area contributed by atoms with E-state index in [1.54, 1.807) is 6.07 Å². The smallest absolute Gasteiger partial charge is 0.149 e. The molecule has 1 aromatic rings. The van der Waals surface area contributed by atoms with E-state index in [4.69, 9.17) is 5.26 Å². The van der Waals surface area contributed by atoms with Crippen LogP contribution in [0.2, 0.25) is 0 Å². The number of rotatable bonds is 4. The topological polar surface area (TPSA) is 40.9 Å². The standard InChI is InChI=1S/C13H13BrFNO/c1-8(2)13(17)12(14)6-9-3-4-11(15)5-10(9)7-16/h3-5,8,12H,6H2,1-2H3. The summed E-state index contributed by atoms with van der Waals surface area (Å²) < 4.78 is 12.9. The normalized spacial score (nSPS) is 12.2. The predicted octanol–water partition coefficient (Wildman–Crippen LogP) is 3.23. The van der Waals surface area contributed by atoms with Crippen molar-refractivity contribution in [1.29, 1.82) is 5.26 Å². The molecule has 0 aliphatic heterocycles. The molecule has 0 aliphatic carbocycles. The lowest BCUT2D eigenvalue weighted by atomic mass is 9.98. The van der Waals surface area contributed by atoms with E-state index < -0.39 is 5.82 Å². The van der Waals surface area contributed by atoms with Crippen molar-refractivity contribution in [1.82, 2.24) is 0 Å². The molecule has 0 aromatic heterocycles. The highest BCUT2D eigenvalue weighted by Crippen LogP contribution is 2.18. The monoisotopic (exact) mass is 297 g/mol. The molecule has 17 heavy (non-hydrogen) atoms. The molecular weight excluding hydrogens is 285 g/mol. The SMILES string of the molecule is CC(C)C(=O)C(Br)Cc1ccc(F)cc1C#N. The Kier molecular flexibility index (Phi) is 4.83.